The van der Waals surface area contributed by atoms with Gasteiger partial charge in [0.2, 0.25) is 0 Å². The number of alkyl halides is 4. The molecule has 1 heterocycles. The minimum Gasteiger partial charge on any atom is -0.480 e. The molecule has 0 aromatic carbocycles. The lowest BCUT2D eigenvalue weighted by molar-refractivity contribution is -0.188. The molecule has 8 heteroatoms. The number of nitrogens with zero attached hydrogens (tertiary/aromatic N) is 1. The average Bonchev–Trinajstić information content (AvgIpc) is 2.44. The van der Waals surface area contributed by atoms with E-state index in [4.69, 9.17) is 5.11 Å². The largest absolute Gasteiger partial charge is 0.480 e. The highest BCUT2D eigenvalue weighted by Gasteiger charge is 2.50. The Bertz CT molecular complexity index is 290. The van der Waals surface area contributed by atoms with Gasteiger partial charge in [0, 0.05) is 6.42 Å². The highest BCUT2D eigenvalue weighted by Crippen LogP contribution is 2.27. The fourth-order valence-corrected chi connectivity index (χ4v) is 1.41. The molecule has 86 valence electrons. The summed E-state index contributed by atoms with van der Waals surface area (Å²) in [5.74, 6) is -3.94. The molecule has 0 aliphatic carbocycles. The lowest BCUT2D eigenvalue weighted by atomic mass is 10.2. The minimum atomic E-state index is -5.17. The molecule has 0 spiro atoms. The van der Waals surface area contributed by atoms with Crippen LogP contribution in [0.2, 0.25) is 0 Å². The summed E-state index contributed by atoms with van der Waals surface area (Å²) >= 11 is 0. The van der Waals surface area contributed by atoms with Gasteiger partial charge in [-0.15, -0.1) is 0 Å². The molecule has 1 aliphatic rings. The van der Waals surface area contributed by atoms with Crippen molar-refractivity contribution in [3.05, 3.63) is 0 Å². The summed E-state index contributed by atoms with van der Waals surface area (Å²) in [6.45, 7) is -0.824. The first-order valence-electron chi connectivity index (χ1n) is 3.98. The van der Waals surface area contributed by atoms with Gasteiger partial charge in [-0.3, -0.25) is 4.79 Å². The van der Waals surface area contributed by atoms with Crippen LogP contribution >= 0.6 is 0 Å². The van der Waals surface area contributed by atoms with Crippen molar-refractivity contribution in [1.82, 2.24) is 4.90 Å². The number of likely N-dealkylation sites (tertiary alicyclic amines) is 1. The summed E-state index contributed by atoms with van der Waals surface area (Å²) in [5.41, 5.74) is 0. The first kappa shape index (κ1) is 11.7. The second-order valence-corrected chi connectivity index (χ2v) is 3.14. The number of hydrogen-bond acceptors (Lipinski definition) is 2. The normalized spacial score (nSPS) is 26.8. The summed E-state index contributed by atoms with van der Waals surface area (Å²) in [5, 5.41) is 8.49. The van der Waals surface area contributed by atoms with Crippen LogP contribution in [0.25, 0.3) is 0 Å². The number of carbonyl (C=O) groups excluding carboxylic acids is 1. The Morgan fingerprint density at radius 3 is 2.27 bits per heavy atom. The predicted molar refractivity (Wildman–Crippen MR) is 38.7 cm³/mol. The van der Waals surface area contributed by atoms with Gasteiger partial charge in [-0.05, 0) is 0 Å². The van der Waals surface area contributed by atoms with Crippen molar-refractivity contribution in [2.45, 2.75) is 24.8 Å². The number of carbonyl (C=O) groups is 2. The van der Waals surface area contributed by atoms with Crippen LogP contribution in [0.4, 0.5) is 17.6 Å². The van der Waals surface area contributed by atoms with Crippen molar-refractivity contribution < 1.29 is 32.3 Å². The molecule has 1 N–H and O–H groups in total. The zero-order valence-corrected chi connectivity index (χ0v) is 7.29. The fourth-order valence-electron chi connectivity index (χ4n) is 1.41. The van der Waals surface area contributed by atoms with Gasteiger partial charge >= 0.3 is 18.1 Å². The summed E-state index contributed by atoms with van der Waals surface area (Å²) in [6, 6.07) is -1.73. The van der Waals surface area contributed by atoms with Gasteiger partial charge in [0.05, 0.1) is 6.54 Å². The van der Waals surface area contributed by atoms with Crippen molar-refractivity contribution in [3.8, 4) is 0 Å². The summed E-state index contributed by atoms with van der Waals surface area (Å²) in [4.78, 5) is 21.2. The molecule has 0 aromatic heterocycles. The highest BCUT2D eigenvalue weighted by molar-refractivity contribution is 5.87. The third-order valence-electron chi connectivity index (χ3n) is 2.04. The number of amides is 1. The predicted octanol–water partition coefficient (Wildman–Crippen LogP) is 0.572. The molecule has 15 heavy (non-hydrogen) atoms. The third kappa shape index (κ3) is 2.37. The number of aliphatic carboxylic acids is 1. The molecule has 1 amide bonds. The lowest BCUT2D eigenvalue weighted by Crippen LogP contribution is -2.46. The molecule has 4 nitrogen and oxygen atoms in total. The average molecular weight is 229 g/mol. The minimum absolute atomic E-state index is 0.00694. The lowest BCUT2D eigenvalue weighted by Gasteiger charge is -2.21. The van der Waals surface area contributed by atoms with Gasteiger partial charge in [0.1, 0.15) is 12.2 Å². The Morgan fingerprint density at radius 1 is 1.33 bits per heavy atom. The maximum Gasteiger partial charge on any atom is 0.471 e. The Labute approximate surface area is 81.5 Å². The highest BCUT2D eigenvalue weighted by atomic mass is 19.4. The van der Waals surface area contributed by atoms with Gasteiger partial charge in [-0.2, -0.15) is 13.2 Å². The van der Waals surface area contributed by atoms with Crippen LogP contribution in [-0.2, 0) is 9.59 Å². The molecule has 0 radical (unpaired) electrons. The van der Waals surface area contributed by atoms with E-state index in [-0.39, 0.29) is 4.90 Å². The van der Waals surface area contributed by atoms with Crippen LogP contribution in [0.15, 0.2) is 0 Å². The molecule has 1 fully saturated rings. The zero-order chi connectivity index (χ0) is 11.8. The quantitative estimate of drug-likeness (QED) is 0.669. The van der Waals surface area contributed by atoms with Crippen molar-refractivity contribution in [2.24, 2.45) is 0 Å². The van der Waals surface area contributed by atoms with Crippen LogP contribution in [-0.4, -0.2) is 46.8 Å². The molecule has 0 bridgehead atoms. The second kappa shape index (κ2) is 3.67. The van der Waals surface area contributed by atoms with Crippen molar-refractivity contribution in [1.29, 1.82) is 0 Å². The van der Waals surface area contributed by atoms with E-state index in [0.717, 1.165) is 0 Å². The van der Waals surface area contributed by atoms with Gasteiger partial charge in [-0.1, -0.05) is 0 Å². The van der Waals surface area contributed by atoms with Gasteiger partial charge in [-0.25, -0.2) is 9.18 Å². The van der Waals surface area contributed by atoms with E-state index < -0.39 is 43.2 Å². The zero-order valence-electron chi connectivity index (χ0n) is 7.29. The van der Waals surface area contributed by atoms with Crippen LogP contribution in [0.3, 0.4) is 0 Å². The number of carboxylic acid groups (broad SMARTS) is 1. The Hall–Kier alpha value is -1.34. The van der Waals surface area contributed by atoms with Crippen molar-refractivity contribution >= 4 is 11.9 Å². The van der Waals surface area contributed by atoms with E-state index in [1.807, 2.05) is 0 Å². The first-order chi connectivity index (χ1) is 6.73. The number of rotatable bonds is 1. The van der Waals surface area contributed by atoms with E-state index in [1.54, 1.807) is 0 Å². The molecule has 0 unspecified atom stereocenters. The molecule has 2 atom stereocenters. The second-order valence-electron chi connectivity index (χ2n) is 3.14. The number of carboxylic acids is 1. The Kier molecular flexibility index (Phi) is 2.87. The molecule has 1 aliphatic heterocycles. The molecular weight excluding hydrogens is 222 g/mol. The first-order valence-corrected chi connectivity index (χ1v) is 3.98. The Balaban J connectivity index is 2.85. The maximum atomic E-state index is 12.7. The summed E-state index contributed by atoms with van der Waals surface area (Å²) < 4.78 is 48.6. The van der Waals surface area contributed by atoms with Gasteiger partial charge < -0.3 is 10.0 Å². The summed E-state index contributed by atoms with van der Waals surface area (Å²) in [7, 11) is 0. The monoisotopic (exact) mass is 229 g/mol. The Morgan fingerprint density at radius 2 is 1.87 bits per heavy atom. The van der Waals surface area contributed by atoms with Gasteiger partial charge in [0.25, 0.3) is 0 Å². The topological polar surface area (TPSA) is 57.6 Å². The molecule has 0 saturated carbocycles. The smallest absolute Gasteiger partial charge is 0.471 e. The van der Waals surface area contributed by atoms with E-state index in [0.29, 0.717) is 0 Å². The van der Waals surface area contributed by atoms with E-state index in [2.05, 4.69) is 0 Å². The molecule has 1 saturated heterocycles. The maximum absolute atomic E-state index is 12.7. The van der Waals surface area contributed by atoms with Crippen molar-refractivity contribution in [3.63, 3.8) is 0 Å². The van der Waals surface area contributed by atoms with E-state index in [9.17, 15) is 27.2 Å². The van der Waals surface area contributed by atoms with E-state index in [1.165, 1.54) is 0 Å². The molecule has 1 rings (SSSR count). The van der Waals surface area contributed by atoms with Crippen LogP contribution < -0.4 is 0 Å². The van der Waals surface area contributed by atoms with Crippen LogP contribution in [0.5, 0.6) is 0 Å². The van der Waals surface area contributed by atoms with Crippen LogP contribution in [0, 0.1) is 0 Å². The fraction of sp³-hybridized carbons (Fsp3) is 0.714. The molecule has 0 aromatic rings. The third-order valence-corrected chi connectivity index (χ3v) is 2.04. The standard InChI is InChI=1S/C7H7F4NO3/c8-3-1-4(5(13)14)12(2-3)6(15)7(9,10)11/h3-4H,1-2H2,(H,13,14)/t3-,4+/m0/s1. The van der Waals surface area contributed by atoms with Crippen molar-refractivity contribution in [2.75, 3.05) is 6.54 Å². The SMILES string of the molecule is O=C(O)[C@H]1C[C@H](F)CN1C(=O)C(F)(F)F. The molecular formula is C7H7F4NO3. The van der Waals surface area contributed by atoms with Crippen LogP contribution in [0.1, 0.15) is 6.42 Å². The summed E-state index contributed by atoms with van der Waals surface area (Å²) in [6.07, 6.45) is -7.49. The van der Waals surface area contributed by atoms with Gasteiger partial charge in [0.15, 0.2) is 0 Å². The number of halogens is 4. The number of hydrogen-bond donors (Lipinski definition) is 1. The van der Waals surface area contributed by atoms with E-state index >= 15 is 0 Å².